The highest BCUT2D eigenvalue weighted by atomic mass is 79.9. The summed E-state index contributed by atoms with van der Waals surface area (Å²) in [6, 6.07) is 8.10. The van der Waals surface area contributed by atoms with E-state index in [0.29, 0.717) is 5.41 Å². The molecule has 0 unspecified atom stereocenters. The molecular weight excluding hydrogens is 304 g/mol. The zero-order valence-corrected chi connectivity index (χ0v) is 13.0. The van der Waals surface area contributed by atoms with Crippen molar-refractivity contribution in [2.45, 2.75) is 31.6 Å². The summed E-state index contributed by atoms with van der Waals surface area (Å²) < 4.78 is 0. The van der Waals surface area contributed by atoms with Gasteiger partial charge in [0.25, 0.3) is 0 Å². The topological polar surface area (TPSA) is 0 Å². The Balaban J connectivity index is 2.62. The lowest BCUT2D eigenvalue weighted by molar-refractivity contribution is 0.359. The summed E-state index contributed by atoms with van der Waals surface area (Å²) in [6.45, 7) is 4.53. The van der Waals surface area contributed by atoms with Crippen LogP contribution >= 0.6 is 39.3 Å². The largest absolute Gasteiger partial charge is 0.126 e. The molecule has 0 radical (unpaired) electrons. The van der Waals surface area contributed by atoms with Crippen LogP contribution in [0, 0.1) is 5.41 Å². The van der Waals surface area contributed by atoms with Gasteiger partial charge in [-0.25, -0.2) is 0 Å². The fourth-order valence-corrected chi connectivity index (χ4v) is 4.35. The molecule has 0 fully saturated rings. The van der Waals surface area contributed by atoms with E-state index in [1.165, 1.54) is 17.7 Å². The second kappa shape index (κ2) is 6.93. The predicted molar refractivity (Wildman–Crippen MR) is 79.0 cm³/mol. The van der Waals surface area contributed by atoms with Crippen molar-refractivity contribution in [1.82, 2.24) is 0 Å². The molecular formula is C13H18BrClS. The Bertz CT molecular complexity index is 315. The lowest BCUT2D eigenvalue weighted by atomic mass is 9.87. The van der Waals surface area contributed by atoms with Crippen molar-refractivity contribution in [3.05, 3.63) is 29.3 Å². The zero-order chi connectivity index (χ0) is 12.0. The average Bonchev–Trinajstić information content (AvgIpc) is 2.32. The molecule has 16 heavy (non-hydrogen) atoms. The van der Waals surface area contributed by atoms with E-state index in [1.807, 2.05) is 30.0 Å². The van der Waals surface area contributed by atoms with Crippen LogP contribution in [0.3, 0.4) is 0 Å². The van der Waals surface area contributed by atoms with E-state index in [1.54, 1.807) is 0 Å². The van der Waals surface area contributed by atoms with E-state index >= 15 is 0 Å². The van der Waals surface area contributed by atoms with Gasteiger partial charge >= 0.3 is 0 Å². The van der Waals surface area contributed by atoms with Gasteiger partial charge in [-0.15, -0.1) is 11.8 Å². The maximum Gasteiger partial charge on any atom is 0.0417 e. The highest BCUT2D eigenvalue weighted by Gasteiger charge is 2.24. The quantitative estimate of drug-likeness (QED) is 0.483. The van der Waals surface area contributed by atoms with Gasteiger partial charge in [-0.3, -0.25) is 0 Å². The average molecular weight is 322 g/mol. The lowest BCUT2D eigenvalue weighted by Crippen LogP contribution is -2.23. The SMILES string of the molecule is CCC(CC)(CBr)CSc1cccc(Cl)c1. The Hall–Kier alpha value is 0.340. The van der Waals surface area contributed by atoms with Crippen LogP contribution in [0.4, 0.5) is 0 Å². The second-order valence-electron chi connectivity index (χ2n) is 4.09. The Labute approximate surface area is 116 Å². The smallest absolute Gasteiger partial charge is 0.0417 e. The number of hydrogen-bond acceptors (Lipinski definition) is 1. The first-order chi connectivity index (χ1) is 7.65. The fourth-order valence-electron chi connectivity index (χ4n) is 1.47. The van der Waals surface area contributed by atoms with Crippen molar-refractivity contribution in [1.29, 1.82) is 0 Å². The molecule has 0 bridgehead atoms. The molecule has 0 saturated heterocycles. The summed E-state index contributed by atoms with van der Waals surface area (Å²) in [7, 11) is 0. The van der Waals surface area contributed by atoms with Crippen LogP contribution in [0.1, 0.15) is 26.7 Å². The highest BCUT2D eigenvalue weighted by molar-refractivity contribution is 9.09. The molecule has 0 N–H and O–H groups in total. The maximum absolute atomic E-state index is 5.97. The van der Waals surface area contributed by atoms with Gasteiger partial charge in [0, 0.05) is 21.0 Å². The normalized spacial score (nSPS) is 11.8. The molecule has 0 spiro atoms. The van der Waals surface area contributed by atoms with Crippen LogP contribution in [-0.4, -0.2) is 11.1 Å². The van der Waals surface area contributed by atoms with E-state index in [2.05, 4.69) is 35.8 Å². The first kappa shape index (κ1) is 14.4. The van der Waals surface area contributed by atoms with Crippen LogP contribution in [0.5, 0.6) is 0 Å². The molecule has 0 saturated carbocycles. The second-order valence-corrected chi connectivity index (χ2v) is 6.13. The van der Waals surface area contributed by atoms with Gasteiger partial charge < -0.3 is 0 Å². The van der Waals surface area contributed by atoms with Crippen molar-refractivity contribution >= 4 is 39.3 Å². The molecule has 1 rings (SSSR count). The third-order valence-electron chi connectivity index (χ3n) is 3.12. The van der Waals surface area contributed by atoms with E-state index in [0.717, 1.165) is 16.1 Å². The van der Waals surface area contributed by atoms with Gasteiger partial charge in [0.15, 0.2) is 0 Å². The molecule has 0 aromatic heterocycles. The molecule has 1 aromatic carbocycles. The molecule has 0 aliphatic rings. The summed E-state index contributed by atoms with van der Waals surface area (Å²) in [4.78, 5) is 1.26. The van der Waals surface area contributed by atoms with E-state index in [4.69, 9.17) is 11.6 Å². The van der Waals surface area contributed by atoms with Crippen molar-refractivity contribution in [2.75, 3.05) is 11.1 Å². The molecule has 0 aliphatic carbocycles. The van der Waals surface area contributed by atoms with Crippen molar-refractivity contribution in [2.24, 2.45) is 5.41 Å². The van der Waals surface area contributed by atoms with E-state index in [9.17, 15) is 0 Å². The molecule has 0 atom stereocenters. The summed E-state index contributed by atoms with van der Waals surface area (Å²) in [5.74, 6) is 1.14. The fraction of sp³-hybridized carbons (Fsp3) is 0.538. The first-order valence-electron chi connectivity index (χ1n) is 5.60. The zero-order valence-electron chi connectivity index (χ0n) is 9.80. The highest BCUT2D eigenvalue weighted by Crippen LogP contribution is 2.35. The number of halogens is 2. The van der Waals surface area contributed by atoms with Crippen LogP contribution in [0.25, 0.3) is 0 Å². The Morgan fingerprint density at radius 2 is 2.00 bits per heavy atom. The lowest BCUT2D eigenvalue weighted by Gasteiger charge is -2.29. The van der Waals surface area contributed by atoms with Gasteiger partial charge in [-0.05, 0) is 36.5 Å². The Morgan fingerprint density at radius 1 is 1.31 bits per heavy atom. The van der Waals surface area contributed by atoms with Crippen molar-refractivity contribution in [3.63, 3.8) is 0 Å². The standard InChI is InChI=1S/C13H18BrClS/c1-3-13(4-2,9-14)10-16-12-7-5-6-11(15)8-12/h5-8H,3-4,9-10H2,1-2H3. The first-order valence-corrected chi connectivity index (χ1v) is 8.08. The number of alkyl halides is 1. The summed E-state index contributed by atoms with van der Waals surface area (Å²) >= 11 is 11.5. The minimum atomic E-state index is 0.410. The molecule has 3 heteroatoms. The minimum absolute atomic E-state index is 0.410. The molecule has 0 nitrogen and oxygen atoms in total. The van der Waals surface area contributed by atoms with Gasteiger partial charge in [0.05, 0.1) is 0 Å². The molecule has 0 aliphatic heterocycles. The summed E-state index contributed by atoms with van der Waals surface area (Å²) in [5.41, 5.74) is 0.410. The van der Waals surface area contributed by atoms with Crippen LogP contribution in [0.15, 0.2) is 29.2 Å². The number of thioether (sulfide) groups is 1. The van der Waals surface area contributed by atoms with Gasteiger partial charge in [-0.2, -0.15) is 0 Å². The number of benzene rings is 1. The summed E-state index contributed by atoms with van der Waals surface area (Å²) in [5, 5.41) is 1.89. The van der Waals surface area contributed by atoms with Crippen molar-refractivity contribution < 1.29 is 0 Å². The van der Waals surface area contributed by atoms with Crippen molar-refractivity contribution in [3.8, 4) is 0 Å². The Morgan fingerprint density at radius 3 is 2.50 bits per heavy atom. The maximum atomic E-state index is 5.97. The molecule has 0 heterocycles. The molecule has 90 valence electrons. The minimum Gasteiger partial charge on any atom is -0.126 e. The van der Waals surface area contributed by atoms with Gasteiger partial charge in [0.2, 0.25) is 0 Å². The third-order valence-corrected chi connectivity index (χ3v) is 5.89. The van der Waals surface area contributed by atoms with Gasteiger partial charge in [-0.1, -0.05) is 47.4 Å². The van der Waals surface area contributed by atoms with Crippen LogP contribution in [-0.2, 0) is 0 Å². The van der Waals surface area contributed by atoms with E-state index in [-0.39, 0.29) is 0 Å². The van der Waals surface area contributed by atoms with Crippen LogP contribution < -0.4 is 0 Å². The molecule has 1 aromatic rings. The predicted octanol–water partition coefficient (Wildman–Crippen LogP) is 5.63. The van der Waals surface area contributed by atoms with E-state index < -0.39 is 0 Å². The monoisotopic (exact) mass is 320 g/mol. The Kier molecular flexibility index (Phi) is 6.23. The number of rotatable bonds is 6. The molecule has 0 amide bonds. The summed E-state index contributed by atoms with van der Waals surface area (Å²) in [6.07, 6.45) is 2.42. The van der Waals surface area contributed by atoms with Gasteiger partial charge in [0.1, 0.15) is 0 Å². The number of hydrogen-bond donors (Lipinski definition) is 0. The van der Waals surface area contributed by atoms with Crippen LogP contribution in [0.2, 0.25) is 5.02 Å². The third kappa shape index (κ3) is 3.97.